The molecule has 0 saturated heterocycles. The van der Waals surface area contributed by atoms with Gasteiger partial charge >= 0.3 is 0 Å². The molecule has 3 N–H and O–H groups in total. The number of hydrogen-bond acceptors (Lipinski definition) is 4. The average Bonchev–Trinajstić information content (AvgIpc) is 2.50. The molecule has 84 valence electrons. The number of aromatic nitrogens is 1. The fourth-order valence-electron chi connectivity index (χ4n) is 1.13. The molecule has 0 aliphatic rings. The van der Waals surface area contributed by atoms with E-state index >= 15 is 0 Å². The normalized spacial score (nSPS) is 10.6. The molecule has 15 heavy (non-hydrogen) atoms. The lowest BCUT2D eigenvalue weighted by atomic mass is 10.1. The summed E-state index contributed by atoms with van der Waals surface area (Å²) in [5.74, 6) is 0.626. The van der Waals surface area contributed by atoms with E-state index in [2.05, 4.69) is 24.1 Å². The zero-order valence-corrected chi connectivity index (χ0v) is 9.93. The Labute approximate surface area is 93.9 Å². The van der Waals surface area contributed by atoms with Crippen molar-refractivity contribution in [3.63, 3.8) is 0 Å². The second-order valence-corrected chi connectivity index (χ2v) is 4.78. The first-order valence-corrected chi connectivity index (χ1v) is 5.92. The Kier molecular flexibility index (Phi) is 4.55. The number of carbonyl (C=O) groups excluding carboxylic acids is 1. The number of amides is 1. The quantitative estimate of drug-likeness (QED) is 0.799. The zero-order valence-electron chi connectivity index (χ0n) is 9.12. The third-order valence-electron chi connectivity index (χ3n) is 1.96. The largest absolute Gasteiger partial charge is 0.375 e. The van der Waals surface area contributed by atoms with Crippen LogP contribution in [0.1, 0.15) is 26.0 Å². The van der Waals surface area contributed by atoms with Crippen molar-refractivity contribution < 1.29 is 4.79 Å². The molecule has 0 spiro atoms. The topological polar surface area (TPSA) is 68.0 Å². The standard InChI is InChI=1S/C10H17N3OS/c1-7(2)3-4-12-9(14)5-8-6-15-10(11)13-8/h6-7H,3-5H2,1-2H3,(H2,11,13)(H,12,14). The van der Waals surface area contributed by atoms with Gasteiger partial charge in [-0.25, -0.2) is 4.98 Å². The molecule has 0 unspecified atom stereocenters. The van der Waals surface area contributed by atoms with Gasteiger partial charge in [0, 0.05) is 11.9 Å². The highest BCUT2D eigenvalue weighted by Gasteiger charge is 2.06. The number of nitrogens with one attached hydrogen (secondary N) is 1. The molecule has 5 heteroatoms. The van der Waals surface area contributed by atoms with Crippen LogP contribution in [0.2, 0.25) is 0 Å². The minimum absolute atomic E-state index is 0.0148. The van der Waals surface area contributed by atoms with E-state index in [1.165, 1.54) is 11.3 Å². The van der Waals surface area contributed by atoms with Crippen LogP contribution in [0.25, 0.3) is 0 Å². The summed E-state index contributed by atoms with van der Waals surface area (Å²) in [6.07, 6.45) is 1.33. The van der Waals surface area contributed by atoms with Gasteiger partial charge in [-0.15, -0.1) is 11.3 Å². The van der Waals surface area contributed by atoms with Crippen LogP contribution in [0.15, 0.2) is 5.38 Å². The van der Waals surface area contributed by atoms with E-state index in [9.17, 15) is 4.79 Å². The summed E-state index contributed by atoms with van der Waals surface area (Å²) in [5.41, 5.74) is 6.22. The van der Waals surface area contributed by atoms with Gasteiger partial charge in [0.1, 0.15) is 0 Å². The molecule has 1 aromatic rings. The number of carbonyl (C=O) groups is 1. The van der Waals surface area contributed by atoms with Crippen LogP contribution in [-0.4, -0.2) is 17.4 Å². The Bertz CT molecular complexity index is 322. The van der Waals surface area contributed by atoms with Crippen molar-refractivity contribution in [2.75, 3.05) is 12.3 Å². The summed E-state index contributed by atoms with van der Waals surface area (Å²) >= 11 is 1.36. The van der Waals surface area contributed by atoms with E-state index < -0.39 is 0 Å². The van der Waals surface area contributed by atoms with Gasteiger partial charge in [-0.3, -0.25) is 4.79 Å². The summed E-state index contributed by atoms with van der Waals surface area (Å²) in [4.78, 5) is 15.4. The van der Waals surface area contributed by atoms with Crippen LogP contribution in [0.5, 0.6) is 0 Å². The fourth-order valence-corrected chi connectivity index (χ4v) is 1.69. The lowest BCUT2D eigenvalue weighted by molar-refractivity contribution is -0.120. The van der Waals surface area contributed by atoms with Crippen LogP contribution in [0, 0.1) is 5.92 Å². The van der Waals surface area contributed by atoms with E-state index in [4.69, 9.17) is 5.73 Å². The van der Waals surface area contributed by atoms with Crippen molar-refractivity contribution in [3.05, 3.63) is 11.1 Å². The van der Waals surface area contributed by atoms with E-state index in [0.717, 1.165) is 18.7 Å². The number of nitrogen functional groups attached to an aromatic ring is 1. The van der Waals surface area contributed by atoms with Crippen molar-refractivity contribution in [1.29, 1.82) is 0 Å². The molecule has 0 saturated carbocycles. The van der Waals surface area contributed by atoms with E-state index in [-0.39, 0.29) is 5.91 Å². The predicted octanol–water partition coefficient (Wildman–Crippen LogP) is 1.43. The third kappa shape index (κ3) is 4.78. The van der Waals surface area contributed by atoms with E-state index in [1.807, 2.05) is 5.38 Å². The molecule has 0 atom stereocenters. The summed E-state index contributed by atoms with van der Waals surface area (Å²) < 4.78 is 0. The average molecular weight is 227 g/mol. The molecule has 0 bridgehead atoms. The number of nitrogens with two attached hydrogens (primary N) is 1. The van der Waals surface area contributed by atoms with Gasteiger partial charge in [0.05, 0.1) is 12.1 Å². The lowest BCUT2D eigenvalue weighted by Gasteiger charge is -2.05. The van der Waals surface area contributed by atoms with Crippen LogP contribution < -0.4 is 11.1 Å². The number of rotatable bonds is 5. The molecular formula is C10H17N3OS. The van der Waals surface area contributed by atoms with Crippen molar-refractivity contribution in [3.8, 4) is 0 Å². The van der Waals surface area contributed by atoms with Gasteiger partial charge in [0.2, 0.25) is 5.91 Å². The van der Waals surface area contributed by atoms with Crippen molar-refractivity contribution in [2.45, 2.75) is 26.7 Å². The van der Waals surface area contributed by atoms with Gasteiger partial charge in [-0.2, -0.15) is 0 Å². The summed E-state index contributed by atoms with van der Waals surface area (Å²) in [7, 11) is 0. The molecule has 4 nitrogen and oxygen atoms in total. The van der Waals surface area contributed by atoms with Gasteiger partial charge in [-0.1, -0.05) is 13.8 Å². The minimum atomic E-state index is 0.0148. The Morgan fingerprint density at radius 1 is 1.67 bits per heavy atom. The number of anilines is 1. The molecule has 0 radical (unpaired) electrons. The van der Waals surface area contributed by atoms with Crippen LogP contribution in [0.3, 0.4) is 0 Å². The summed E-state index contributed by atoms with van der Waals surface area (Å²) in [5, 5.41) is 5.19. The summed E-state index contributed by atoms with van der Waals surface area (Å²) in [6.45, 7) is 5.00. The second kappa shape index (κ2) is 5.70. The van der Waals surface area contributed by atoms with Gasteiger partial charge in [0.25, 0.3) is 0 Å². The molecule has 0 aromatic carbocycles. The summed E-state index contributed by atoms with van der Waals surface area (Å²) in [6, 6.07) is 0. The molecular weight excluding hydrogens is 210 g/mol. The molecule has 0 aliphatic carbocycles. The molecule has 0 aliphatic heterocycles. The van der Waals surface area contributed by atoms with Gasteiger partial charge in [0.15, 0.2) is 5.13 Å². The number of nitrogens with zero attached hydrogens (tertiary/aromatic N) is 1. The Balaban J connectivity index is 2.24. The maximum absolute atomic E-state index is 11.4. The first-order valence-electron chi connectivity index (χ1n) is 5.04. The van der Waals surface area contributed by atoms with Crippen LogP contribution in [0.4, 0.5) is 5.13 Å². The molecule has 1 aromatic heterocycles. The van der Waals surface area contributed by atoms with Crippen LogP contribution in [-0.2, 0) is 11.2 Å². The fraction of sp³-hybridized carbons (Fsp3) is 0.600. The first-order chi connectivity index (χ1) is 7.08. The van der Waals surface area contributed by atoms with Gasteiger partial charge < -0.3 is 11.1 Å². The van der Waals surface area contributed by atoms with Crippen molar-refractivity contribution in [1.82, 2.24) is 10.3 Å². The van der Waals surface area contributed by atoms with E-state index in [1.54, 1.807) is 0 Å². The zero-order chi connectivity index (χ0) is 11.3. The maximum atomic E-state index is 11.4. The predicted molar refractivity (Wildman–Crippen MR) is 62.7 cm³/mol. The first kappa shape index (κ1) is 12.0. The highest BCUT2D eigenvalue weighted by atomic mass is 32.1. The van der Waals surface area contributed by atoms with E-state index in [0.29, 0.717) is 17.5 Å². The Morgan fingerprint density at radius 2 is 2.40 bits per heavy atom. The minimum Gasteiger partial charge on any atom is -0.375 e. The Hall–Kier alpha value is -1.10. The lowest BCUT2D eigenvalue weighted by Crippen LogP contribution is -2.26. The monoisotopic (exact) mass is 227 g/mol. The number of hydrogen-bond donors (Lipinski definition) is 2. The molecule has 1 rings (SSSR count). The molecule has 0 fully saturated rings. The van der Waals surface area contributed by atoms with Gasteiger partial charge in [-0.05, 0) is 12.3 Å². The van der Waals surface area contributed by atoms with Crippen molar-refractivity contribution in [2.24, 2.45) is 5.92 Å². The SMILES string of the molecule is CC(C)CCNC(=O)Cc1csc(N)n1. The highest BCUT2D eigenvalue weighted by molar-refractivity contribution is 7.13. The second-order valence-electron chi connectivity index (χ2n) is 3.89. The maximum Gasteiger partial charge on any atom is 0.226 e. The Morgan fingerprint density at radius 3 is 2.93 bits per heavy atom. The smallest absolute Gasteiger partial charge is 0.226 e. The third-order valence-corrected chi connectivity index (χ3v) is 2.68. The van der Waals surface area contributed by atoms with Crippen molar-refractivity contribution >= 4 is 22.4 Å². The molecule has 1 heterocycles. The van der Waals surface area contributed by atoms with Crippen LogP contribution >= 0.6 is 11.3 Å². The number of thiazole rings is 1. The highest BCUT2D eigenvalue weighted by Crippen LogP contribution is 2.11. The molecule has 1 amide bonds.